The minimum Gasteiger partial charge on any atom is -0.466 e. The summed E-state index contributed by atoms with van der Waals surface area (Å²) in [5, 5.41) is 23.4. The van der Waals surface area contributed by atoms with Crippen molar-refractivity contribution >= 4 is 11.9 Å². The lowest BCUT2D eigenvalue weighted by atomic mass is 10.0. The molecule has 466 valence electrons. The van der Waals surface area contributed by atoms with E-state index in [0.717, 1.165) is 38.5 Å². The second-order valence-corrected chi connectivity index (χ2v) is 25.3. The van der Waals surface area contributed by atoms with Crippen molar-refractivity contribution in [2.75, 3.05) is 13.2 Å². The molecule has 0 radical (unpaired) electrons. The van der Waals surface area contributed by atoms with Crippen LogP contribution >= 0.6 is 0 Å². The van der Waals surface area contributed by atoms with Crippen LogP contribution in [0.2, 0.25) is 0 Å². The first-order valence-corrected chi connectivity index (χ1v) is 36.3. The minimum atomic E-state index is -0.662. The zero-order valence-electron chi connectivity index (χ0n) is 53.4. The van der Waals surface area contributed by atoms with Gasteiger partial charge in [0.05, 0.1) is 25.4 Å². The van der Waals surface area contributed by atoms with E-state index in [2.05, 4.69) is 19.2 Å². The van der Waals surface area contributed by atoms with Gasteiger partial charge < -0.3 is 20.3 Å². The van der Waals surface area contributed by atoms with Crippen molar-refractivity contribution in [2.45, 2.75) is 437 Å². The number of unbranched alkanes of at least 4 members (excludes halogenated alkanes) is 58. The van der Waals surface area contributed by atoms with Gasteiger partial charge in [0.25, 0.3) is 0 Å². The van der Waals surface area contributed by atoms with Gasteiger partial charge in [-0.3, -0.25) is 9.59 Å². The summed E-state index contributed by atoms with van der Waals surface area (Å²) >= 11 is 0. The highest BCUT2D eigenvalue weighted by Crippen LogP contribution is 2.20. The predicted molar refractivity (Wildman–Crippen MR) is 343 cm³/mol. The van der Waals surface area contributed by atoms with Crippen LogP contribution in [0.3, 0.4) is 0 Å². The molecule has 0 saturated carbocycles. The van der Waals surface area contributed by atoms with Gasteiger partial charge in [0.1, 0.15) is 0 Å². The number of rotatable bonds is 69. The van der Waals surface area contributed by atoms with Crippen LogP contribution < -0.4 is 5.32 Å². The van der Waals surface area contributed by atoms with E-state index < -0.39 is 12.1 Å². The average Bonchev–Trinajstić information content (AvgIpc) is 3.44. The summed E-state index contributed by atoms with van der Waals surface area (Å²) in [6.07, 6.45) is 83.0. The first-order valence-electron chi connectivity index (χ1n) is 36.3. The number of amides is 1. The highest BCUT2D eigenvalue weighted by atomic mass is 16.5. The highest BCUT2D eigenvalue weighted by molar-refractivity contribution is 5.76. The maximum absolute atomic E-state index is 12.5. The molecule has 0 spiro atoms. The van der Waals surface area contributed by atoms with Gasteiger partial charge in [-0.1, -0.05) is 386 Å². The number of esters is 1. The molecule has 2 atom stereocenters. The summed E-state index contributed by atoms with van der Waals surface area (Å²) in [5.74, 6) is -0.00587. The Morgan fingerprint density at radius 2 is 0.526 bits per heavy atom. The van der Waals surface area contributed by atoms with E-state index in [4.69, 9.17) is 4.74 Å². The molecule has 0 aliphatic rings. The summed E-state index contributed by atoms with van der Waals surface area (Å²) in [6.45, 7) is 5.01. The van der Waals surface area contributed by atoms with Crippen molar-refractivity contribution < 1.29 is 24.5 Å². The molecule has 6 nitrogen and oxygen atoms in total. The van der Waals surface area contributed by atoms with E-state index >= 15 is 0 Å². The smallest absolute Gasteiger partial charge is 0.305 e. The molecule has 0 saturated heterocycles. The molecular weight excluding hydrogens is 959 g/mol. The second-order valence-electron chi connectivity index (χ2n) is 25.3. The molecule has 0 aromatic rings. The zero-order valence-corrected chi connectivity index (χ0v) is 53.4. The van der Waals surface area contributed by atoms with Gasteiger partial charge in [-0.25, -0.2) is 0 Å². The first kappa shape index (κ1) is 76.9. The Labute approximate surface area is 489 Å². The fourth-order valence-corrected chi connectivity index (χ4v) is 11.9. The number of hydrogen-bond donors (Lipinski definition) is 3. The number of nitrogens with one attached hydrogen (secondary N) is 1. The van der Waals surface area contributed by atoms with Crippen LogP contribution in [0, 0.1) is 0 Å². The van der Waals surface area contributed by atoms with Crippen molar-refractivity contribution in [3.63, 3.8) is 0 Å². The van der Waals surface area contributed by atoms with Gasteiger partial charge >= 0.3 is 5.97 Å². The predicted octanol–water partition coefficient (Wildman–Crippen LogP) is 23.4. The molecule has 2 unspecified atom stereocenters. The number of carbonyl (C=O) groups excluding carboxylic acids is 2. The van der Waals surface area contributed by atoms with Crippen LogP contribution in [-0.4, -0.2) is 47.4 Å². The number of aliphatic hydroxyl groups excluding tert-OH is 2. The maximum atomic E-state index is 12.5. The Kier molecular flexibility index (Phi) is 67.4. The van der Waals surface area contributed by atoms with E-state index in [0.29, 0.717) is 25.9 Å². The molecule has 6 heteroatoms. The van der Waals surface area contributed by atoms with Crippen molar-refractivity contribution in [1.82, 2.24) is 5.32 Å². The fourth-order valence-electron chi connectivity index (χ4n) is 11.9. The van der Waals surface area contributed by atoms with E-state index in [9.17, 15) is 19.8 Å². The molecule has 0 aliphatic carbocycles. The van der Waals surface area contributed by atoms with Gasteiger partial charge in [-0.05, 0) is 25.7 Å². The SMILES string of the molecule is CCCCCCCCCCCCCCCCCCCCCC(=O)OCCCCCCCCCCCCCCCCCCCCCCCCCCCC(=O)NC(CO)C(O)CCCCCCCCCCCCCCCCCCC. The summed E-state index contributed by atoms with van der Waals surface area (Å²) in [4.78, 5) is 24.6. The third-order valence-electron chi connectivity index (χ3n) is 17.4. The van der Waals surface area contributed by atoms with Crippen molar-refractivity contribution in [1.29, 1.82) is 0 Å². The number of hydrogen-bond acceptors (Lipinski definition) is 5. The largest absolute Gasteiger partial charge is 0.466 e. The topological polar surface area (TPSA) is 95.9 Å². The van der Waals surface area contributed by atoms with Crippen molar-refractivity contribution in [3.05, 3.63) is 0 Å². The van der Waals surface area contributed by atoms with Crippen LogP contribution in [0.25, 0.3) is 0 Å². The molecule has 0 bridgehead atoms. The van der Waals surface area contributed by atoms with E-state index in [-0.39, 0.29) is 18.5 Å². The zero-order chi connectivity index (χ0) is 56.4. The molecule has 3 N–H and O–H groups in total. The normalized spacial score (nSPS) is 12.4. The second kappa shape index (κ2) is 68.4. The molecule has 0 aromatic carbocycles. The van der Waals surface area contributed by atoms with Crippen LogP contribution in [-0.2, 0) is 14.3 Å². The van der Waals surface area contributed by atoms with Crippen molar-refractivity contribution in [3.8, 4) is 0 Å². The quantitative estimate of drug-likeness (QED) is 0.0417. The minimum absolute atomic E-state index is 0.0227. The summed E-state index contributed by atoms with van der Waals surface area (Å²) < 4.78 is 5.52. The fraction of sp³-hybridized carbons (Fsp3) is 0.972. The molecule has 0 aliphatic heterocycles. The molecule has 0 fully saturated rings. The summed E-state index contributed by atoms with van der Waals surface area (Å²) in [6, 6.07) is -0.539. The van der Waals surface area contributed by atoms with E-state index in [1.165, 1.54) is 353 Å². The molecule has 78 heavy (non-hydrogen) atoms. The molecule has 0 aromatic heterocycles. The lowest BCUT2D eigenvalue weighted by Crippen LogP contribution is -2.45. The van der Waals surface area contributed by atoms with Crippen LogP contribution in [0.4, 0.5) is 0 Å². The first-order chi connectivity index (χ1) is 38.5. The Hall–Kier alpha value is -1.14. The molecular formula is C72H143NO5. The maximum Gasteiger partial charge on any atom is 0.305 e. The van der Waals surface area contributed by atoms with E-state index in [1.807, 2.05) is 0 Å². The van der Waals surface area contributed by atoms with Crippen LogP contribution in [0.15, 0.2) is 0 Å². The van der Waals surface area contributed by atoms with Gasteiger partial charge in [0.15, 0.2) is 0 Å². The third-order valence-corrected chi connectivity index (χ3v) is 17.4. The molecule has 1 amide bonds. The van der Waals surface area contributed by atoms with Crippen molar-refractivity contribution in [2.24, 2.45) is 0 Å². The Morgan fingerprint density at radius 3 is 0.782 bits per heavy atom. The Bertz CT molecular complexity index is 1130. The van der Waals surface area contributed by atoms with Crippen LogP contribution in [0.1, 0.15) is 425 Å². The average molecular weight is 1100 g/mol. The van der Waals surface area contributed by atoms with Gasteiger partial charge in [-0.15, -0.1) is 0 Å². The van der Waals surface area contributed by atoms with Gasteiger partial charge in [-0.2, -0.15) is 0 Å². The van der Waals surface area contributed by atoms with Gasteiger partial charge in [0, 0.05) is 12.8 Å². The number of aliphatic hydroxyl groups is 2. The number of ether oxygens (including phenoxy) is 1. The van der Waals surface area contributed by atoms with E-state index in [1.54, 1.807) is 0 Å². The Balaban J connectivity index is 3.32. The highest BCUT2D eigenvalue weighted by Gasteiger charge is 2.20. The summed E-state index contributed by atoms with van der Waals surface area (Å²) in [5.41, 5.74) is 0. The third kappa shape index (κ3) is 64.0. The van der Waals surface area contributed by atoms with Gasteiger partial charge in [0.2, 0.25) is 5.91 Å². The number of carbonyl (C=O) groups is 2. The lowest BCUT2D eigenvalue weighted by molar-refractivity contribution is -0.143. The summed E-state index contributed by atoms with van der Waals surface area (Å²) in [7, 11) is 0. The Morgan fingerprint density at radius 1 is 0.308 bits per heavy atom. The standard InChI is InChI=1S/C72H143NO5/c1-3-5-7-9-11-13-15-17-19-21-29-34-38-42-46-50-54-58-62-66-72(77)78-67-63-59-55-51-47-43-39-35-31-28-26-24-22-23-25-27-30-33-37-41-45-49-53-57-61-65-71(76)73-69(68-74)70(75)64-60-56-52-48-44-40-36-32-20-18-16-14-12-10-8-6-4-2/h69-70,74-75H,3-68H2,1-2H3,(H,73,76). The van der Waals surface area contributed by atoms with Crippen LogP contribution in [0.5, 0.6) is 0 Å². The molecule has 0 heterocycles. The molecule has 0 rings (SSSR count). The monoisotopic (exact) mass is 1100 g/mol. The lowest BCUT2D eigenvalue weighted by Gasteiger charge is -2.22.